The zero-order chi connectivity index (χ0) is 5.11. The van der Waals surface area contributed by atoms with Gasteiger partial charge in [0.15, 0.2) is 0 Å². The minimum atomic E-state index is -0.317. The lowest BCUT2D eigenvalue weighted by molar-refractivity contribution is 0.145. The van der Waals surface area contributed by atoms with Crippen LogP contribution in [0.25, 0.3) is 0 Å². The molecule has 3 nitrogen and oxygen atoms in total. The summed E-state index contributed by atoms with van der Waals surface area (Å²) in [6.45, 7) is 1.09. The predicted molar refractivity (Wildman–Crippen MR) is 23.7 cm³/mol. The lowest BCUT2D eigenvalue weighted by Gasteiger charge is -2.10. The van der Waals surface area contributed by atoms with Crippen molar-refractivity contribution in [3.05, 3.63) is 6.42 Å². The maximum atomic E-state index is 10.1. The number of nitrogens with one attached hydrogen (secondary N) is 1. The van der Waals surface area contributed by atoms with Gasteiger partial charge in [0.2, 0.25) is 0 Å². The molecule has 0 aliphatic carbocycles. The fourth-order valence-electron chi connectivity index (χ4n) is 0.400. The fraction of sp³-hybridized carbons (Fsp3) is 0.500. The average molecular weight is 100 g/mol. The summed E-state index contributed by atoms with van der Waals surface area (Å²) in [5.41, 5.74) is 0. The van der Waals surface area contributed by atoms with E-state index in [-0.39, 0.29) is 6.09 Å². The Bertz CT molecular complexity index is 73.8. The molecule has 1 saturated heterocycles. The third-order valence-corrected chi connectivity index (χ3v) is 0.723. The molecule has 0 saturated carbocycles. The summed E-state index contributed by atoms with van der Waals surface area (Å²) in [4.78, 5) is 10.1. The molecule has 1 fully saturated rings. The molecular formula is C4H6NO2. The van der Waals surface area contributed by atoms with Crippen LogP contribution in [0.3, 0.4) is 0 Å². The summed E-state index contributed by atoms with van der Waals surface area (Å²) in [6, 6.07) is 0. The van der Waals surface area contributed by atoms with Gasteiger partial charge in [-0.05, 0) is 0 Å². The van der Waals surface area contributed by atoms with Crippen molar-refractivity contribution in [1.29, 1.82) is 0 Å². The highest BCUT2D eigenvalue weighted by Crippen LogP contribution is 1.86. The van der Waals surface area contributed by atoms with Crippen LogP contribution in [0.2, 0.25) is 0 Å². The second kappa shape index (κ2) is 1.82. The van der Waals surface area contributed by atoms with E-state index in [0.29, 0.717) is 13.2 Å². The molecule has 0 atom stereocenters. The highest BCUT2D eigenvalue weighted by atomic mass is 16.5. The second-order valence-electron chi connectivity index (χ2n) is 1.27. The number of carbonyl (C=O) groups excluding carboxylic acids is 1. The molecule has 0 bridgehead atoms. The fourth-order valence-corrected chi connectivity index (χ4v) is 0.400. The summed E-state index contributed by atoms with van der Waals surface area (Å²) in [5.74, 6) is 0. The Hall–Kier alpha value is -0.730. The molecule has 1 N–H and O–H groups in total. The lowest BCUT2D eigenvalue weighted by atomic mass is 10.4. The van der Waals surface area contributed by atoms with Crippen LogP contribution < -0.4 is 5.32 Å². The topological polar surface area (TPSA) is 38.3 Å². The highest BCUT2D eigenvalue weighted by Gasteiger charge is 2.04. The van der Waals surface area contributed by atoms with Crippen molar-refractivity contribution in [2.45, 2.75) is 0 Å². The van der Waals surface area contributed by atoms with Crippen LogP contribution >= 0.6 is 0 Å². The number of cyclic esters (lactones) is 1. The molecular weight excluding hydrogens is 94.0 g/mol. The maximum Gasteiger partial charge on any atom is 0.407 e. The molecule has 1 aliphatic heterocycles. The van der Waals surface area contributed by atoms with Crippen molar-refractivity contribution in [3.63, 3.8) is 0 Å². The van der Waals surface area contributed by atoms with E-state index in [1.165, 1.54) is 0 Å². The molecule has 39 valence electrons. The van der Waals surface area contributed by atoms with Gasteiger partial charge >= 0.3 is 6.09 Å². The largest absolute Gasteiger partial charge is 0.449 e. The molecule has 1 amide bonds. The smallest absolute Gasteiger partial charge is 0.407 e. The Labute approximate surface area is 41.7 Å². The minimum absolute atomic E-state index is 0.317. The van der Waals surface area contributed by atoms with E-state index in [1.807, 2.05) is 6.42 Å². The van der Waals surface area contributed by atoms with Crippen molar-refractivity contribution in [2.24, 2.45) is 0 Å². The van der Waals surface area contributed by atoms with E-state index in [1.54, 1.807) is 0 Å². The first kappa shape index (κ1) is 4.43. The van der Waals surface area contributed by atoms with Gasteiger partial charge in [-0.1, -0.05) is 0 Å². The van der Waals surface area contributed by atoms with Gasteiger partial charge in [0.25, 0.3) is 0 Å². The lowest BCUT2D eigenvalue weighted by Crippen LogP contribution is -2.32. The Morgan fingerprint density at radius 3 is 3.00 bits per heavy atom. The maximum absolute atomic E-state index is 10.1. The number of alkyl carbamates (subject to hydrolysis) is 1. The molecule has 0 aromatic rings. The number of rotatable bonds is 0. The van der Waals surface area contributed by atoms with Gasteiger partial charge < -0.3 is 10.1 Å². The van der Waals surface area contributed by atoms with Crippen molar-refractivity contribution in [1.82, 2.24) is 5.32 Å². The van der Waals surface area contributed by atoms with Crippen molar-refractivity contribution in [3.8, 4) is 0 Å². The Morgan fingerprint density at radius 2 is 2.71 bits per heavy atom. The van der Waals surface area contributed by atoms with Crippen molar-refractivity contribution < 1.29 is 9.53 Å². The normalized spacial score (nSPS) is 20.3. The van der Waals surface area contributed by atoms with Crippen molar-refractivity contribution >= 4 is 6.09 Å². The number of hydrogen-bond donors (Lipinski definition) is 1. The molecule has 0 unspecified atom stereocenters. The zero-order valence-electron chi connectivity index (χ0n) is 3.81. The van der Waals surface area contributed by atoms with Gasteiger partial charge in [0, 0.05) is 13.0 Å². The molecule has 1 heterocycles. The van der Waals surface area contributed by atoms with Crippen LogP contribution in [0.4, 0.5) is 4.79 Å². The number of hydrogen-bond acceptors (Lipinski definition) is 2. The van der Waals surface area contributed by atoms with Crippen LogP contribution in [0, 0.1) is 6.42 Å². The minimum Gasteiger partial charge on any atom is -0.449 e. The summed E-state index contributed by atoms with van der Waals surface area (Å²) >= 11 is 0. The third-order valence-electron chi connectivity index (χ3n) is 0.723. The first-order valence-electron chi connectivity index (χ1n) is 2.12. The molecule has 0 aromatic carbocycles. The van der Waals surface area contributed by atoms with Gasteiger partial charge in [0.05, 0.1) is 6.61 Å². The van der Waals surface area contributed by atoms with Crippen LogP contribution in [0.5, 0.6) is 0 Å². The highest BCUT2D eigenvalue weighted by molar-refractivity contribution is 5.68. The van der Waals surface area contributed by atoms with Crippen LogP contribution in [0.15, 0.2) is 0 Å². The van der Waals surface area contributed by atoms with Crippen molar-refractivity contribution in [2.75, 3.05) is 13.2 Å². The van der Waals surface area contributed by atoms with E-state index < -0.39 is 0 Å². The predicted octanol–water partition coefficient (Wildman–Crippen LogP) is -0.0695. The van der Waals surface area contributed by atoms with Gasteiger partial charge in [-0.15, -0.1) is 0 Å². The Balaban J connectivity index is 2.25. The van der Waals surface area contributed by atoms with E-state index in [9.17, 15) is 4.79 Å². The molecule has 1 rings (SSSR count). The van der Waals surface area contributed by atoms with E-state index >= 15 is 0 Å². The summed E-state index contributed by atoms with van der Waals surface area (Å²) in [7, 11) is 0. The third kappa shape index (κ3) is 1.07. The quantitative estimate of drug-likeness (QED) is 0.462. The Morgan fingerprint density at radius 1 is 1.86 bits per heavy atom. The summed E-state index contributed by atoms with van der Waals surface area (Å²) in [5, 5.41) is 2.47. The van der Waals surface area contributed by atoms with Crippen LogP contribution in [0.1, 0.15) is 0 Å². The summed E-state index contributed by atoms with van der Waals surface area (Å²) in [6.07, 6.45) is 1.53. The SMILES string of the molecule is O=C1NC[CH]CO1. The van der Waals surface area contributed by atoms with E-state index in [0.717, 1.165) is 0 Å². The molecule has 0 aromatic heterocycles. The first-order valence-corrected chi connectivity index (χ1v) is 2.12. The average Bonchev–Trinajstić information content (AvgIpc) is 1.69. The standard InChI is InChI=1S/C4H6NO2/c6-4-5-2-1-3-7-4/h1H,2-3H2,(H,5,6). The van der Waals surface area contributed by atoms with Gasteiger partial charge in [0.1, 0.15) is 0 Å². The van der Waals surface area contributed by atoms with Gasteiger partial charge in [-0.25, -0.2) is 4.79 Å². The molecule has 7 heavy (non-hydrogen) atoms. The van der Waals surface area contributed by atoms with E-state index in [2.05, 4.69) is 10.1 Å². The first-order chi connectivity index (χ1) is 3.39. The van der Waals surface area contributed by atoms with Crippen LogP contribution in [-0.2, 0) is 4.74 Å². The molecule has 3 heteroatoms. The second-order valence-corrected chi connectivity index (χ2v) is 1.27. The van der Waals surface area contributed by atoms with E-state index in [4.69, 9.17) is 0 Å². The summed E-state index contributed by atoms with van der Waals surface area (Å²) < 4.78 is 4.47. The molecule has 1 aliphatic rings. The number of amides is 1. The monoisotopic (exact) mass is 100 g/mol. The van der Waals surface area contributed by atoms with Crippen LogP contribution in [-0.4, -0.2) is 19.2 Å². The number of carbonyl (C=O) groups is 1. The van der Waals surface area contributed by atoms with Gasteiger partial charge in [-0.3, -0.25) is 0 Å². The number of ether oxygens (including phenoxy) is 1. The molecule has 1 radical (unpaired) electrons. The molecule has 0 spiro atoms. The van der Waals surface area contributed by atoms with Gasteiger partial charge in [-0.2, -0.15) is 0 Å². The zero-order valence-corrected chi connectivity index (χ0v) is 3.81. The Kier molecular flexibility index (Phi) is 1.15.